The van der Waals surface area contributed by atoms with E-state index in [9.17, 15) is 9.59 Å². The predicted octanol–water partition coefficient (Wildman–Crippen LogP) is 3.83. The Morgan fingerprint density at radius 2 is 1.48 bits per heavy atom. The molecule has 2 aromatic rings. The Hall–Kier alpha value is -2.82. The average molecular weight is 396 g/mol. The number of amides is 2. The van der Waals surface area contributed by atoms with Crippen LogP contribution in [-0.4, -0.2) is 43.9 Å². The Bertz CT molecular complexity index is 834. The fourth-order valence-electron chi connectivity index (χ4n) is 3.05. The molecule has 0 aromatic heterocycles. The summed E-state index contributed by atoms with van der Waals surface area (Å²) in [5, 5.41) is 2.81. The summed E-state index contributed by atoms with van der Waals surface area (Å²) in [6.07, 6.45) is 0. The van der Waals surface area contributed by atoms with Gasteiger partial charge in [0, 0.05) is 38.9 Å². The highest BCUT2D eigenvalue weighted by molar-refractivity contribution is 5.97. The van der Waals surface area contributed by atoms with Crippen molar-refractivity contribution in [1.29, 1.82) is 0 Å². The van der Waals surface area contributed by atoms with Gasteiger partial charge in [-0.2, -0.15) is 0 Å². The maximum absolute atomic E-state index is 12.7. The Morgan fingerprint density at radius 1 is 0.931 bits per heavy atom. The van der Waals surface area contributed by atoms with Crippen LogP contribution >= 0.6 is 0 Å². The smallest absolute Gasteiger partial charge is 0.251 e. The Labute approximate surface area is 174 Å². The number of benzene rings is 2. The lowest BCUT2D eigenvalue weighted by Gasteiger charge is -2.23. The molecule has 0 fully saturated rings. The summed E-state index contributed by atoms with van der Waals surface area (Å²) < 4.78 is 0. The molecular formula is C24H33N3O2. The average Bonchev–Trinajstić information content (AvgIpc) is 2.67. The van der Waals surface area contributed by atoms with Gasteiger partial charge in [-0.05, 0) is 47.7 Å². The van der Waals surface area contributed by atoms with Gasteiger partial charge >= 0.3 is 0 Å². The van der Waals surface area contributed by atoms with Gasteiger partial charge in [-0.15, -0.1) is 0 Å². The largest absolute Gasteiger partial charge is 0.378 e. The molecule has 0 saturated heterocycles. The van der Waals surface area contributed by atoms with Gasteiger partial charge in [0.15, 0.2) is 0 Å². The normalized spacial score (nSPS) is 12.2. The second-order valence-electron chi connectivity index (χ2n) is 8.78. The molecule has 2 amide bonds. The van der Waals surface area contributed by atoms with Crippen LogP contribution in [0.4, 0.5) is 5.69 Å². The molecule has 0 aliphatic rings. The summed E-state index contributed by atoms with van der Waals surface area (Å²) in [5.41, 5.74) is 3.91. The first kappa shape index (κ1) is 22.5. The highest BCUT2D eigenvalue weighted by Crippen LogP contribution is 2.22. The molecule has 2 aromatic carbocycles. The van der Waals surface area contributed by atoms with E-state index in [1.807, 2.05) is 67.5 Å². The first-order valence-corrected chi connectivity index (χ1v) is 9.91. The summed E-state index contributed by atoms with van der Waals surface area (Å²) in [4.78, 5) is 28.9. The minimum atomic E-state index is -0.601. The summed E-state index contributed by atoms with van der Waals surface area (Å²) in [5.74, 6) is -0.364. The van der Waals surface area contributed by atoms with Crippen LogP contribution in [-0.2, 0) is 16.8 Å². The molecule has 0 bridgehead atoms. The lowest BCUT2D eigenvalue weighted by molar-refractivity contribution is -0.132. The van der Waals surface area contributed by atoms with Crippen LogP contribution in [0.2, 0.25) is 0 Å². The van der Waals surface area contributed by atoms with E-state index in [2.05, 4.69) is 26.1 Å². The van der Waals surface area contributed by atoms with Gasteiger partial charge in [-0.1, -0.05) is 45.0 Å². The summed E-state index contributed by atoms with van der Waals surface area (Å²) in [7, 11) is 5.74. The molecule has 0 heterocycles. The number of hydrogen-bond donors (Lipinski definition) is 1. The van der Waals surface area contributed by atoms with Crippen LogP contribution in [0, 0.1) is 0 Å². The lowest BCUT2D eigenvalue weighted by atomic mass is 9.86. The minimum Gasteiger partial charge on any atom is -0.378 e. The van der Waals surface area contributed by atoms with E-state index in [0.717, 1.165) is 16.8 Å². The number of likely N-dealkylation sites (N-methyl/N-ethyl adjacent to an activating group) is 1. The van der Waals surface area contributed by atoms with Crippen molar-refractivity contribution in [3.8, 4) is 0 Å². The maximum Gasteiger partial charge on any atom is 0.251 e. The van der Waals surface area contributed by atoms with Gasteiger partial charge in [-0.25, -0.2) is 0 Å². The van der Waals surface area contributed by atoms with E-state index in [4.69, 9.17) is 0 Å². The molecule has 156 valence electrons. The molecular weight excluding hydrogens is 362 g/mol. The molecule has 5 nitrogen and oxygen atoms in total. The molecule has 5 heteroatoms. The summed E-state index contributed by atoms with van der Waals surface area (Å²) in [6, 6.07) is 15.0. The third kappa shape index (κ3) is 6.08. The number of carbonyl (C=O) groups excluding carboxylic acids is 2. The number of nitrogens with zero attached hydrogens (tertiary/aromatic N) is 2. The van der Waals surface area contributed by atoms with Crippen molar-refractivity contribution in [2.24, 2.45) is 0 Å². The number of nitrogens with one attached hydrogen (secondary N) is 1. The Morgan fingerprint density at radius 3 is 1.97 bits per heavy atom. The molecule has 0 spiro atoms. The molecule has 1 atom stereocenters. The third-order valence-electron chi connectivity index (χ3n) is 4.98. The molecule has 0 aliphatic carbocycles. The molecule has 0 saturated carbocycles. The van der Waals surface area contributed by atoms with E-state index in [1.165, 1.54) is 0 Å². The standard InChI is InChI=1S/C24H33N3O2/c1-17(25-22(28)19-10-12-20(13-11-19)24(2,3)4)23(29)27(7)16-18-8-14-21(15-9-18)26(5)6/h8-15,17H,16H2,1-7H3,(H,25,28)/t17-/m0/s1. The van der Waals surface area contributed by atoms with Gasteiger partial charge in [0.2, 0.25) is 5.91 Å². The van der Waals surface area contributed by atoms with Gasteiger partial charge < -0.3 is 15.1 Å². The zero-order valence-corrected chi connectivity index (χ0v) is 18.6. The van der Waals surface area contributed by atoms with Crippen molar-refractivity contribution in [2.75, 3.05) is 26.0 Å². The van der Waals surface area contributed by atoms with Gasteiger partial charge in [0.05, 0.1) is 0 Å². The molecule has 1 N–H and O–H groups in total. The van der Waals surface area contributed by atoms with Crippen molar-refractivity contribution in [2.45, 2.75) is 45.7 Å². The molecule has 2 rings (SSSR count). The number of anilines is 1. The van der Waals surface area contributed by atoms with E-state index in [-0.39, 0.29) is 17.2 Å². The van der Waals surface area contributed by atoms with Crippen molar-refractivity contribution >= 4 is 17.5 Å². The van der Waals surface area contributed by atoms with Crippen LogP contribution in [0.25, 0.3) is 0 Å². The first-order chi connectivity index (χ1) is 13.5. The van der Waals surface area contributed by atoms with E-state index < -0.39 is 6.04 Å². The minimum absolute atomic E-state index is 0.0335. The number of carbonyl (C=O) groups is 2. The maximum atomic E-state index is 12.7. The van der Waals surface area contributed by atoms with E-state index >= 15 is 0 Å². The van der Waals surface area contributed by atoms with Crippen molar-refractivity contribution in [1.82, 2.24) is 10.2 Å². The highest BCUT2D eigenvalue weighted by atomic mass is 16.2. The zero-order valence-electron chi connectivity index (χ0n) is 18.6. The summed E-state index contributed by atoms with van der Waals surface area (Å²) >= 11 is 0. The van der Waals surface area contributed by atoms with Crippen molar-refractivity contribution in [3.05, 3.63) is 65.2 Å². The second kappa shape index (κ2) is 9.12. The van der Waals surface area contributed by atoms with Crippen molar-refractivity contribution < 1.29 is 9.59 Å². The van der Waals surface area contributed by atoms with Crippen LogP contribution in [0.1, 0.15) is 49.2 Å². The molecule has 0 unspecified atom stereocenters. The fraction of sp³-hybridized carbons (Fsp3) is 0.417. The highest BCUT2D eigenvalue weighted by Gasteiger charge is 2.21. The van der Waals surface area contributed by atoms with Gasteiger partial charge in [0.25, 0.3) is 5.91 Å². The van der Waals surface area contributed by atoms with Crippen molar-refractivity contribution in [3.63, 3.8) is 0 Å². The molecule has 0 radical (unpaired) electrons. The SMILES string of the molecule is C[C@H](NC(=O)c1ccc(C(C)(C)C)cc1)C(=O)N(C)Cc1ccc(N(C)C)cc1. The fourth-order valence-corrected chi connectivity index (χ4v) is 3.05. The Balaban J connectivity index is 1.95. The molecule has 0 aliphatic heterocycles. The van der Waals surface area contributed by atoms with Gasteiger partial charge in [-0.3, -0.25) is 9.59 Å². The predicted molar refractivity (Wildman–Crippen MR) is 119 cm³/mol. The second-order valence-corrected chi connectivity index (χ2v) is 8.78. The van der Waals surface area contributed by atoms with Crippen LogP contribution in [0.3, 0.4) is 0 Å². The van der Waals surface area contributed by atoms with E-state index in [0.29, 0.717) is 12.1 Å². The quantitative estimate of drug-likeness (QED) is 0.809. The monoisotopic (exact) mass is 395 g/mol. The van der Waals surface area contributed by atoms with Crippen LogP contribution < -0.4 is 10.2 Å². The topological polar surface area (TPSA) is 52.7 Å². The summed E-state index contributed by atoms with van der Waals surface area (Å²) in [6.45, 7) is 8.61. The van der Waals surface area contributed by atoms with Crippen LogP contribution in [0.5, 0.6) is 0 Å². The van der Waals surface area contributed by atoms with E-state index in [1.54, 1.807) is 18.9 Å². The first-order valence-electron chi connectivity index (χ1n) is 9.91. The third-order valence-corrected chi connectivity index (χ3v) is 4.98. The number of hydrogen-bond acceptors (Lipinski definition) is 3. The lowest BCUT2D eigenvalue weighted by Crippen LogP contribution is -2.45. The zero-order chi connectivity index (χ0) is 21.8. The molecule has 29 heavy (non-hydrogen) atoms. The van der Waals surface area contributed by atoms with Gasteiger partial charge in [0.1, 0.15) is 6.04 Å². The number of rotatable bonds is 6. The van der Waals surface area contributed by atoms with Crippen LogP contribution in [0.15, 0.2) is 48.5 Å². The Kier molecular flexibility index (Phi) is 7.07.